The Morgan fingerprint density at radius 1 is 1.26 bits per heavy atom. The minimum atomic E-state index is 0.179. The predicted molar refractivity (Wildman–Crippen MR) is 79.2 cm³/mol. The van der Waals surface area contributed by atoms with Crippen LogP contribution in [0.2, 0.25) is 0 Å². The van der Waals surface area contributed by atoms with Crippen molar-refractivity contribution in [1.29, 1.82) is 0 Å². The second-order valence-electron chi connectivity index (χ2n) is 4.63. The number of ether oxygens (including phenoxy) is 1. The van der Waals surface area contributed by atoms with Gasteiger partial charge in [-0.2, -0.15) is 0 Å². The molecule has 0 aliphatic heterocycles. The van der Waals surface area contributed by atoms with Crippen LogP contribution in [0, 0.1) is 0 Å². The molecule has 2 aromatic rings. The first kappa shape index (κ1) is 14.0. The van der Waals surface area contributed by atoms with Crippen molar-refractivity contribution in [1.82, 2.24) is 10.3 Å². The summed E-state index contributed by atoms with van der Waals surface area (Å²) < 4.78 is 5.82. The molecule has 0 radical (unpaired) electrons. The van der Waals surface area contributed by atoms with Crippen LogP contribution < -0.4 is 5.32 Å². The lowest BCUT2D eigenvalue weighted by molar-refractivity contribution is 0.0333. The van der Waals surface area contributed by atoms with Crippen molar-refractivity contribution in [2.75, 3.05) is 13.7 Å². The molecule has 3 nitrogen and oxygen atoms in total. The van der Waals surface area contributed by atoms with Gasteiger partial charge < -0.3 is 10.1 Å². The summed E-state index contributed by atoms with van der Waals surface area (Å²) >= 11 is 0. The number of likely N-dealkylation sites (N-methyl/N-ethyl adjacent to an activating group) is 1. The first-order valence-corrected chi connectivity index (χ1v) is 6.93. The molecule has 1 heterocycles. The Bertz CT molecular complexity index is 527. The largest absolute Gasteiger partial charge is 0.377 e. The lowest BCUT2D eigenvalue weighted by Gasteiger charge is -2.26. The third kappa shape index (κ3) is 3.11. The highest BCUT2D eigenvalue weighted by molar-refractivity contribution is 5.78. The highest BCUT2D eigenvalue weighted by Gasteiger charge is 2.21. The zero-order valence-corrected chi connectivity index (χ0v) is 11.9. The quantitative estimate of drug-likeness (QED) is 0.863. The molecule has 2 rings (SSSR count). The van der Waals surface area contributed by atoms with Crippen molar-refractivity contribution in [3.05, 3.63) is 42.1 Å². The van der Waals surface area contributed by atoms with Gasteiger partial charge >= 0.3 is 0 Å². The SMILES string of the molecule is CCOC(CC)C(NC)c1cnc2ccccc2c1. The first-order chi connectivity index (χ1) is 9.30. The van der Waals surface area contributed by atoms with Gasteiger partial charge in [-0.15, -0.1) is 0 Å². The monoisotopic (exact) mass is 258 g/mol. The maximum atomic E-state index is 5.82. The summed E-state index contributed by atoms with van der Waals surface area (Å²) in [5, 5.41) is 4.53. The number of nitrogens with zero attached hydrogens (tertiary/aromatic N) is 1. The predicted octanol–water partition coefficient (Wildman–Crippen LogP) is 3.31. The van der Waals surface area contributed by atoms with Crippen LogP contribution in [0.1, 0.15) is 31.9 Å². The van der Waals surface area contributed by atoms with Crippen molar-refractivity contribution in [3.63, 3.8) is 0 Å². The Labute approximate surface area is 115 Å². The standard InChI is InChI=1S/C16H22N2O/c1-4-15(19-5-2)16(17-3)13-10-12-8-6-7-9-14(12)18-11-13/h6-11,15-17H,4-5H2,1-3H3. The van der Waals surface area contributed by atoms with Gasteiger partial charge in [0.1, 0.15) is 0 Å². The van der Waals surface area contributed by atoms with Crippen LogP contribution in [0.15, 0.2) is 36.5 Å². The maximum absolute atomic E-state index is 5.82. The Morgan fingerprint density at radius 2 is 2.05 bits per heavy atom. The van der Waals surface area contributed by atoms with Crippen LogP contribution in [0.25, 0.3) is 10.9 Å². The van der Waals surface area contributed by atoms with E-state index >= 15 is 0 Å². The van der Waals surface area contributed by atoms with Crippen molar-refractivity contribution in [2.24, 2.45) is 0 Å². The van der Waals surface area contributed by atoms with E-state index in [4.69, 9.17) is 4.74 Å². The van der Waals surface area contributed by atoms with Gasteiger partial charge in [0.05, 0.1) is 17.7 Å². The molecule has 0 bridgehead atoms. The number of pyridine rings is 1. The lowest BCUT2D eigenvalue weighted by atomic mass is 10.00. The zero-order valence-electron chi connectivity index (χ0n) is 11.9. The molecule has 102 valence electrons. The van der Waals surface area contributed by atoms with Crippen LogP contribution in [-0.2, 0) is 4.74 Å². The van der Waals surface area contributed by atoms with Gasteiger partial charge in [0.15, 0.2) is 0 Å². The van der Waals surface area contributed by atoms with Crippen LogP contribution in [0.4, 0.5) is 0 Å². The van der Waals surface area contributed by atoms with Gasteiger partial charge in [-0.1, -0.05) is 25.1 Å². The number of para-hydroxylation sites is 1. The number of fused-ring (bicyclic) bond motifs is 1. The molecule has 19 heavy (non-hydrogen) atoms. The fraction of sp³-hybridized carbons (Fsp3) is 0.438. The first-order valence-electron chi connectivity index (χ1n) is 6.93. The van der Waals surface area contributed by atoms with Gasteiger partial charge in [-0.3, -0.25) is 4.98 Å². The fourth-order valence-corrected chi connectivity index (χ4v) is 2.49. The van der Waals surface area contributed by atoms with Crippen molar-refractivity contribution >= 4 is 10.9 Å². The molecule has 2 unspecified atom stereocenters. The van der Waals surface area contributed by atoms with E-state index in [1.165, 1.54) is 10.9 Å². The van der Waals surface area contributed by atoms with E-state index in [0.717, 1.165) is 18.5 Å². The molecule has 0 saturated heterocycles. The molecule has 1 N–H and O–H groups in total. The van der Waals surface area contributed by atoms with E-state index in [1.807, 2.05) is 38.4 Å². The smallest absolute Gasteiger partial charge is 0.0767 e. The normalized spacial score (nSPS) is 14.5. The zero-order chi connectivity index (χ0) is 13.7. The third-order valence-corrected chi connectivity index (χ3v) is 3.44. The topological polar surface area (TPSA) is 34.1 Å². The highest BCUT2D eigenvalue weighted by Crippen LogP contribution is 2.23. The molecule has 2 atom stereocenters. The third-order valence-electron chi connectivity index (χ3n) is 3.44. The molecular weight excluding hydrogens is 236 g/mol. The Balaban J connectivity index is 2.34. The Morgan fingerprint density at radius 3 is 2.74 bits per heavy atom. The summed E-state index contributed by atoms with van der Waals surface area (Å²) in [5.41, 5.74) is 2.21. The number of nitrogens with one attached hydrogen (secondary N) is 1. The summed E-state index contributed by atoms with van der Waals surface area (Å²) in [7, 11) is 1.97. The minimum absolute atomic E-state index is 0.179. The number of hydrogen-bond donors (Lipinski definition) is 1. The van der Waals surface area contributed by atoms with E-state index in [-0.39, 0.29) is 12.1 Å². The second-order valence-corrected chi connectivity index (χ2v) is 4.63. The van der Waals surface area contributed by atoms with Gasteiger partial charge in [0, 0.05) is 18.2 Å². The second kappa shape index (κ2) is 6.64. The van der Waals surface area contributed by atoms with Crippen LogP contribution in [-0.4, -0.2) is 24.7 Å². The fourth-order valence-electron chi connectivity index (χ4n) is 2.49. The number of hydrogen-bond acceptors (Lipinski definition) is 3. The number of rotatable bonds is 6. The molecule has 0 amide bonds. The van der Waals surface area contributed by atoms with E-state index in [1.54, 1.807) is 0 Å². The molecule has 0 spiro atoms. The summed E-state index contributed by atoms with van der Waals surface area (Å²) in [6.07, 6.45) is 3.11. The molecule has 0 saturated carbocycles. The van der Waals surface area contributed by atoms with E-state index < -0.39 is 0 Å². The van der Waals surface area contributed by atoms with Crippen molar-refractivity contribution < 1.29 is 4.74 Å². The molecular formula is C16H22N2O. The molecule has 0 aliphatic rings. The lowest BCUT2D eigenvalue weighted by Crippen LogP contribution is -2.31. The Kier molecular flexibility index (Phi) is 4.88. The molecule has 0 aliphatic carbocycles. The van der Waals surface area contributed by atoms with Gasteiger partial charge in [-0.05, 0) is 38.1 Å². The van der Waals surface area contributed by atoms with E-state index in [0.29, 0.717) is 0 Å². The highest BCUT2D eigenvalue weighted by atomic mass is 16.5. The maximum Gasteiger partial charge on any atom is 0.0767 e. The summed E-state index contributed by atoms with van der Waals surface area (Å²) in [5.74, 6) is 0. The Hall–Kier alpha value is -1.45. The molecule has 1 aromatic carbocycles. The van der Waals surface area contributed by atoms with Gasteiger partial charge in [-0.25, -0.2) is 0 Å². The summed E-state index contributed by atoms with van der Waals surface area (Å²) in [4.78, 5) is 4.53. The van der Waals surface area contributed by atoms with Crippen molar-refractivity contribution in [2.45, 2.75) is 32.4 Å². The van der Waals surface area contributed by atoms with Crippen LogP contribution >= 0.6 is 0 Å². The summed E-state index contributed by atoms with van der Waals surface area (Å²) in [6.45, 7) is 4.92. The molecule has 0 fully saturated rings. The average molecular weight is 258 g/mol. The van der Waals surface area contributed by atoms with Crippen LogP contribution in [0.5, 0.6) is 0 Å². The number of benzene rings is 1. The van der Waals surface area contributed by atoms with E-state index in [9.17, 15) is 0 Å². The number of aromatic nitrogens is 1. The van der Waals surface area contributed by atoms with Gasteiger partial charge in [0.25, 0.3) is 0 Å². The average Bonchev–Trinajstić information content (AvgIpc) is 2.47. The van der Waals surface area contributed by atoms with E-state index in [2.05, 4.69) is 29.4 Å². The molecule has 3 heteroatoms. The summed E-state index contributed by atoms with van der Waals surface area (Å²) in [6, 6.07) is 10.6. The van der Waals surface area contributed by atoms with Gasteiger partial charge in [0.2, 0.25) is 0 Å². The molecule has 1 aromatic heterocycles. The minimum Gasteiger partial charge on any atom is -0.377 e. The van der Waals surface area contributed by atoms with Crippen LogP contribution in [0.3, 0.4) is 0 Å². The van der Waals surface area contributed by atoms with Crippen molar-refractivity contribution in [3.8, 4) is 0 Å².